The second-order valence-corrected chi connectivity index (χ2v) is 3.74. The van der Waals surface area contributed by atoms with Crippen LogP contribution < -0.4 is 0 Å². The SMILES string of the molecule is Cc1cccc(Cc2cc(C=O)c[nH]2)c1. The zero-order valence-electron chi connectivity index (χ0n) is 8.66. The van der Waals surface area contributed by atoms with E-state index in [1.54, 1.807) is 6.20 Å². The normalized spacial score (nSPS) is 10.2. The highest BCUT2D eigenvalue weighted by Crippen LogP contribution is 2.10. The fourth-order valence-corrected chi connectivity index (χ4v) is 1.67. The van der Waals surface area contributed by atoms with E-state index in [-0.39, 0.29) is 0 Å². The van der Waals surface area contributed by atoms with Crippen LogP contribution in [0.3, 0.4) is 0 Å². The summed E-state index contributed by atoms with van der Waals surface area (Å²) in [5.74, 6) is 0. The Bertz CT molecular complexity index is 471. The summed E-state index contributed by atoms with van der Waals surface area (Å²) in [6, 6.07) is 10.3. The molecule has 1 heterocycles. The summed E-state index contributed by atoms with van der Waals surface area (Å²) in [5, 5.41) is 0. The predicted octanol–water partition coefficient (Wildman–Crippen LogP) is 2.73. The van der Waals surface area contributed by atoms with Gasteiger partial charge in [0.2, 0.25) is 0 Å². The van der Waals surface area contributed by atoms with Crippen LogP contribution in [-0.2, 0) is 6.42 Å². The molecule has 2 aromatic rings. The van der Waals surface area contributed by atoms with Crippen molar-refractivity contribution in [2.24, 2.45) is 0 Å². The van der Waals surface area contributed by atoms with Crippen LogP contribution in [0.2, 0.25) is 0 Å². The Balaban J connectivity index is 2.18. The number of benzene rings is 1. The van der Waals surface area contributed by atoms with Gasteiger partial charge in [0, 0.05) is 23.9 Å². The van der Waals surface area contributed by atoms with Gasteiger partial charge in [-0.05, 0) is 18.6 Å². The summed E-state index contributed by atoms with van der Waals surface area (Å²) < 4.78 is 0. The van der Waals surface area contributed by atoms with Crippen LogP contribution >= 0.6 is 0 Å². The quantitative estimate of drug-likeness (QED) is 0.757. The highest BCUT2D eigenvalue weighted by Gasteiger charge is 1.99. The summed E-state index contributed by atoms with van der Waals surface area (Å²) in [6.07, 6.45) is 3.43. The molecule has 0 saturated carbocycles. The number of carbonyl (C=O) groups excluding carboxylic acids is 1. The summed E-state index contributed by atoms with van der Waals surface area (Å²) in [7, 11) is 0. The van der Waals surface area contributed by atoms with Gasteiger partial charge in [0.05, 0.1) is 0 Å². The Morgan fingerprint density at radius 3 is 2.87 bits per heavy atom. The molecule has 0 radical (unpaired) electrons. The van der Waals surface area contributed by atoms with Gasteiger partial charge in [-0.2, -0.15) is 0 Å². The molecule has 15 heavy (non-hydrogen) atoms. The first-order valence-corrected chi connectivity index (χ1v) is 4.96. The lowest BCUT2D eigenvalue weighted by molar-refractivity contribution is 0.112. The van der Waals surface area contributed by atoms with Crippen molar-refractivity contribution in [3.8, 4) is 0 Å². The molecule has 0 atom stereocenters. The van der Waals surface area contributed by atoms with Gasteiger partial charge < -0.3 is 4.98 Å². The molecule has 2 rings (SSSR count). The minimum Gasteiger partial charge on any atom is -0.364 e. The van der Waals surface area contributed by atoms with Gasteiger partial charge >= 0.3 is 0 Å². The molecule has 1 aromatic heterocycles. The van der Waals surface area contributed by atoms with E-state index in [9.17, 15) is 4.79 Å². The molecular formula is C13H13NO. The average Bonchev–Trinajstić information content (AvgIpc) is 2.65. The maximum absolute atomic E-state index is 10.5. The van der Waals surface area contributed by atoms with Gasteiger partial charge in [-0.25, -0.2) is 0 Å². The van der Waals surface area contributed by atoms with Gasteiger partial charge in [-0.3, -0.25) is 4.79 Å². The number of aldehydes is 1. The molecule has 2 nitrogen and oxygen atoms in total. The molecule has 0 spiro atoms. The largest absolute Gasteiger partial charge is 0.364 e. The van der Waals surface area contributed by atoms with E-state index < -0.39 is 0 Å². The Hall–Kier alpha value is -1.83. The van der Waals surface area contributed by atoms with Crippen LogP contribution in [0.5, 0.6) is 0 Å². The molecule has 2 heteroatoms. The Kier molecular flexibility index (Phi) is 2.68. The topological polar surface area (TPSA) is 32.9 Å². The fraction of sp³-hybridized carbons (Fsp3) is 0.154. The van der Waals surface area contributed by atoms with Crippen LogP contribution in [-0.4, -0.2) is 11.3 Å². The highest BCUT2D eigenvalue weighted by molar-refractivity contribution is 5.74. The number of aryl methyl sites for hydroxylation is 1. The molecule has 76 valence electrons. The zero-order chi connectivity index (χ0) is 10.7. The number of rotatable bonds is 3. The highest BCUT2D eigenvalue weighted by atomic mass is 16.1. The van der Waals surface area contributed by atoms with Crippen molar-refractivity contribution >= 4 is 6.29 Å². The van der Waals surface area contributed by atoms with Gasteiger partial charge in [0.15, 0.2) is 6.29 Å². The summed E-state index contributed by atoms with van der Waals surface area (Å²) in [6.45, 7) is 2.08. The van der Waals surface area contributed by atoms with Crippen LogP contribution in [0, 0.1) is 6.92 Å². The third-order valence-electron chi connectivity index (χ3n) is 2.38. The Labute approximate surface area is 89.0 Å². The van der Waals surface area contributed by atoms with Crippen molar-refractivity contribution in [3.63, 3.8) is 0 Å². The average molecular weight is 199 g/mol. The van der Waals surface area contributed by atoms with Crippen molar-refractivity contribution in [2.45, 2.75) is 13.3 Å². The molecule has 0 aliphatic heterocycles. The number of H-pyrrole nitrogens is 1. The lowest BCUT2D eigenvalue weighted by atomic mass is 10.1. The first kappa shape index (κ1) is 9.71. The van der Waals surface area contributed by atoms with Crippen molar-refractivity contribution < 1.29 is 4.79 Å². The molecular weight excluding hydrogens is 186 g/mol. The third kappa shape index (κ3) is 2.34. The van der Waals surface area contributed by atoms with Crippen LogP contribution in [0.15, 0.2) is 36.5 Å². The molecule has 1 aromatic carbocycles. The molecule has 0 bridgehead atoms. The van der Waals surface area contributed by atoms with Gasteiger partial charge in [0.1, 0.15) is 0 Å². The van der Waals surface area contributed by atoms with E-state index in [0.29, 0.717) is 5.56 Å². The van der Waals surface area contributed by atoms with Gasteiger partial charge in [-0.15, -0.1) is 0 Å². The minimum atomic E-state index is 0.706. The molecule has 0 unspecified atom stereocenters. The number of hydrogen-bond acceptors (Lipinski definition) is 1. The second-order valence-electron chi connectivity index (χ2n) is 3.74. The second kappa shape index (κ2) is 4.13. The maximum Gasteiger partial charge on any atom is 0.151 e. The first-order valence-electron chi connectivity index (χ1n) is 4.96. The van der Waals surface area contributed by atoms with Crippen LogP contribution in [0.4, 0.5) is 0 Å². The molecule has 0 amide bonds. The smallest absolute Gasteiger partial charge is 0.151 e. The van der Waals surface area contributed by atoms with Crippen LogP contribution in [0.1, 0.15) is 27.2 Å². The van der Waals surface area contributed by atoms with E-state index in [2.05, 4.69) is 30.1 Å². The third-order valence-corrected chi connectivity index (χ3v) is 2.38. The summed E-state index contributed by atoms with van der Waals surface area (Å²) >= 11 is 0. The fourth-order valence-electron chi connectivity index (χ4n) is 1.67. The number of carbonyl (C=O) groups is 1. The van der Waals surface area contributed by atoms with E-state index in [0.717, 1.165) is 18.4 Å². The van der Waals surface area contributed by atoms with Gasteiger partial charge in [0.25, 0.3) is 0 Å². The summed E-state index contributed by atoms with van der Waals surface area (Å²) in [4.78, 5) is 13.6. The molecule has 0 aliphatic rings. The predicted molar refractivity (Wildman–Crippen MR) is 60.2 cm³/mol. The molecule has 0 fully saturated rings. The molecule has 0 saturated heterocycles. The number of aromatic amines is 1. The van der Waals surface area contributed by atoms with Gasteiger partial charge in [-0.1, -0.05) is 29.8 Å². The maximum atomic E-state index is 10.5. The van der Waals surface area contributed by atoms with E-state index in [1.807, 2.05) is 12.1 Å². The number of nitrogens with one attached hydrogen (secondary N) is 1. The monoisotopic (exact) mass is 199 g/mol. The Morgan fingerprint density at radius 2 is 2.20 bits per heavy atom. The van der Waals surface area contributed by atoms with Crippen molar-refractivity contribution in [1.29, 1.82) is 0 Å². The lowest BCUT2D eigenvalue weighted by Gasteiger charge is -2.00. The number of hydrogen-bond donors (Lipinski definition) is 1. The standard InChI is InChI=1S/C13H13NO/c1-10-3-2-4-11(5-10)6-13-7-12(9-15)8-14-13/h2-5,7-9,14H,6H2,1H3. The molecule has 1 N–H and O–H groups in total. The molecule has 0 aliphatic carbocycles. The van der Waals surface area contributed by atoms with Crippen LogP contribution in [0.25, 0.3) is 0 Å². The first-order chi connectivity index (χ1) is 7.28. The van der Waals surface area contributed by atoms with E-state index >= 15 is 0 Å². The summed E-state index contributed by atoms with van der Waals surface area (Å²) in [5.41, 5.74) is 4.30. The van der Waals surface area contributed by atoms with Crippen molar-refractivity contribution in [2.75, 3.05) is 0 Å². The number of aromatic nitrogens is 1. The van der Waals surface area contributed by atoms with Crippen molar-refractivity contribution in [3.05, 3.63) is 58.9 Å². The van der Waals surface area contributed by atoms with E-state index in [4.69, 9.17) is 0 Å². The van der Waals surface area contributed by atoms with E-state index in [1.165, 1.54) is 11.1 Å². The minimum absolute atomic E-state index is 0.706. The van der Waals surface area contributed by atoms with Crippen molar-refractivity contribution in [1.82, 2.24) is 4.98 Å². The Morgan fingerprint density at radius 1 is 1.33 bits per heavy atom. The lowest BCUT2D eigenvalue weighted by Crippen LogP contribution is -1.88. The zero-order valence-corrected chi connectivity index (χ0v) is 8.66.